The molecule has 0 fully saturated rings. The average Bonchev–Trinajstić information content (AvgIpc) is 2.09. The highest BCUT2D eigenvalue weighted by atomic mass is 79.9. The monoisotopic (exact) mass is 266 g/mol. The van der Waals surface area contributed by atoms with Crippen molar-refractivity contribution in [2.24, 2.45) is 0 Å². The Bertz CT molecular complexity index is 366. The second-order valence-electron chi connectivity index (χ2n) is 2.55. The lowest BCUT2D eigenvalue weighted by atomic mass is 10.1. The number of hydrogen-bond donors (Lipinski definition) is 2. The van der Waals surface area contributed by atoms with E-state index in [0.717, 1.165) is 6.07 Å². The van der Waals surface area contributed by atoms with E-state index in [1.807, 2.05) is 0 Å². The Hall–Kier alpha value is -1.17. The third-order valence-corrected chi connectivity index (χ3v) is 2.17. The van der Waals surface area contributed by atoms with E-state index in [2.05, 4.69) is 15.9 Å². The van der Waals surface area contributed by atoms with Crippen molar-refractivity contribution < 1.29 is 23.8 Å². The number of hydrogen-bond acceptors (Lipinski definition) is 2. The zero-order chi connectivity index (χ0) is 10.9. The van der Waals surface area contributed by atoms with Crippen LogP contribution < -0.4 is 0 Å². The van der Waals surface area contributed by atoms with Crippen LogP contribution in [0.3, 0.4) is 0 Å². The molecule has 6 heteroatoms. The topological polar surface area (TPSA) is 57.5 Å². The number of carboxylic acids is 1. The van der Waals surface area contributed by atoms with Crippen molar-refractivity contribution >= 4 is 21.9 Å². The van der Waals surface area contributed by atoms with Crippen LogP contribution in [0.25, 0.3) is 0 Å². The minimum atomic E-state index is -1.35. The van der Waals surface area contributed by atoms with Crippen molar-refractivity contribution in [1.82, 2.24) is 0 Å². The molecule has 0 aliphatic rings. The standard InChI is InChI=1S/C8H5BrF2O3/c9-4-2-5(10)7(11)3(8(4)14)1-6(12)13/h2,14H,1H2,(H,12,13). The summed E-state index contributed by atoms with van der Waals surface area (Å²) in [6.45, 7) is 0. The van der Waals surface area contributed by atoms with E-state index in [1.165, 1.54) is 0 Å². The van der Waals surface area contributed by atoms with Crippen molar-refractivity contribution in [2.45, 2.75) is 6.42 Å². The van der Waals surface area contributed by atoms with Gasteiger partial charge in [0, 0.05) is 5.56 Å². The number of benzene rings is 1. The molecule has 3 nitrogen and oxygen atoms in total. The summed E-state index contributed by atoms with van der Waals surface area (Å²) in [5, 5.41) is 17.6. The van der Waals surface area contributed by atoms with Crippen LogP contribution in [0.2, 0.25) is 0 Å². The van der Waals surface area contributed by atoms with E-state index in [0.29, 0.717) is 0 Å². The fourth-order valence-electron chi connectivity index (χ4n) is 0.948. The number of phenols is 1. The summed E-state index contributed by atoms with van der Waals surface area (Å²) in [5.74, 6) is -4.48. The van der Waals surface area contributed by atoms with Gasteiger partial charge in [-0.25, -0.2) is 8.78 Å². The predicted octanol–water partition coefficient (Wildman–Crippen LogP) is 2.06. The van der Waals surface area contributed by atoms with Gasteiger partial charge in [0.05, 0.1) is 10.9 Å². The smallest absolute Gasteiger partial charge is 0.308 e. The summed E-state index contributed by atoms with van der Waals surface area (Å²) in [6, 6.07) is 0.732. The van der Waals surface area contributed by atoms with Crippen molar-refractivity contribution in [3.8, 4) is 5.75 Å². The van der Waals surface area contributed by atoms with Crippen LogP contribution in [0.5, 0.6) is 5.75 Å². The first-order valence-electron chi connectivity index (χ1n) is 3.50. The molecule has 0 saturated heterocycles. The Morgan fingerprint density at radius 3 is 2.57 bits per heavy atom. The molecule has 76 valence electrons. The van der Waals surface area contributed by atoms with E-state index in [4.69, 9.17) is 5.11 Å². The van der Waals surface area contributed by atoms with Crippen molar-refractivity contribution in [1.29, 1.82) is 0 Å². The van der Waals surface area contributed by atoms with E-state index in [9.17, 15) is 18.7 Å². The number of phenolic OH excluding ortho intramolecular Hbond substituents is 1. The molecule has 0 radical (unpaired) electrons. The summed E-state index contributed by atoms with van der Waals surface area (Å²) < 4.78 is 25.7. The van der Waals surface area contributed by atoms with Crippen molar-refractivity contribution in [3.63, 3.8) is 0 Å². The van der Waals surface area contributed by atoms with Gasteiger partial charge in [0.25, 0.3) is 0 Å². The molecule has 0 bridgehead atoms. The average molecular weight is 267 g/mol. The highest BCUT2D eigenvalue weighted by molar-refractivity contribution is 9.10. The normalized spacial score (nSPS) is 10.2. The highest BCUT2D eigenvalue weighted by Gasteiger charge is 2.18. The SMILES string of the molecule is O=C(O)Cc1c(O)c(Br)cc(F)c1F. The lowest BCUT2D eigenvalue weighted by molar-refractivity contribution is -0.136. The molecule has 1 rings (SSSR count). The third-order valence-electron chi connectivity index (χ3n) is 1.57. The number of carbonyl (C=O) groups is 1. The van der Waals surface area contributed by atoms with E-state index < -0.39 is 35.3 Å². The maximum absolute atomic E-state index is 13.0. The number of aromatic hydroxyl groups is 1. The third kappa shape index (κ3) is 2.01. The molecule has 0 saturated carbocycles. The Kier molecular flexibility index (Phi) is 3.05. The molecule has 1 aromatic carbocycles. The quantitative estimate of drug-likeness (QED) is 0.806. The van der Waals surface area contributed by atoms with Crippen LogP contribution in [-0.4, -0.2) is 16.2 Å². The van der Waals surface area contributed by atoms with Gasteiger partial charge in [0.2, 0.25) is 0 Å². The molecule has 0 spiro atoms. The molecule has 0 aromatic heterocycles. The number of halogens is 3. The van der Waals surface area contributed by atoms with Gasteiger partial charge >= 0.3 is 5.97 Å². The summed E-state index contributed by atoms with van der Waals surface area (Å²) in [4.78, 5) is 10.3. The lowest BCUT2D eigenvalue weighted by Crippen LogP contribution is -2.04. The molecule has 1 aromatic rings. The molecule has 0 amide bonds. The molecule has 14 heavy (non-hydrogen) atoms. The van der Waals surface area contributed by atoms with Gasteiger partial charge in [-0.1, -0.05) is 0 Å². The molecular weight excluding hydrogens is 262 g/mol. The van der Waals surface area contributed by atoms with Gasteiger partial charge in [-0.2, -0.15) is 0 Å². The number of carboxylic acid groups (broad SMARTS) is 1. The van der Waals surface area contributed by atoms with Gasteiger partial charge in [0.1, 0.15) is 5.75 Å². The Balaban J connectivity index is 3.31. The zero-order valence-corrected chi connectivity index (χ0v) is 8.31. The molecule has 0 heterocycles. The molecular formula is C8H5BrF2O3. The maximum Gasteiger partial charge on any atom is 0.308 e. The minimum absolute atomic E-state index is 0.0762. The van der Waals surface area contributed by atoms with Crippen LogP contribution in [-0.2, 0) is 11.2 Å². The van der Waals surface area contributed by atoms with Crippen molar-refractivity contribution in [2.75, 3.05) is 0 Å². The first-order chi connectivity index (χ1) is 6.43. The van der Waals surface area contributed by atoms with Crippen molar-refractivity contribution in [3.05, 3.63) is 27.7 Å². The summed E-state index contributed by atoms with van der Waals surface area (Å²) in [5.41, 5.74) is -0.565. The number of aliphatic carboxylic acids is 1. The van der Waals surface area contributed by atoms with E-state index in [-0.39, 0.29) is 4.47 Å². The first-order valence-corrected chi connectivity index (χ1v) is 4.30. The lowest BCUT2D eigenvalue weighted by Gasteiger charge is -2.06. The molecule has 0 unspecified atom stereocenters. The largest absolute Gasteiger partial charge is 0.506 e. The van der Waals surface area contributed by atoms with Gasteiger partial charge in [-0.15, -0.1) is 0 Å². The first kappa shape index (κ1) is 10.9. The fourth-order valence-corrected chi connectivity index (χ4v) is 1.39. The van der Waals surface area contributed by atoms with E-state index in [1.54, 1.807) is 0 Å². The molecule has 0 atom stereocenters. The highest BCUT2D eigenvalue weighted by Crippen LogP contribution is 2.31. The molecule has 0 aliphatic carbocycles. The Morgan fingerprint density at radius 2 is 2.07 bits per heavy atom. The second kappa shape index (κ2) is 3.91. The van der Waals surface area contributed by atoms with Crippen LogP contribution in [0.4, 0.5) is 8.78 Å². The van der Waals surface area contributed by atoms with Gasteiger partial charge in [-0.05, 0) is 22.0 Å². The van der Waals surface area contributed by atoms with Gasteiger partial charge in [-0.3, -0.25) is 4.79 Å². The van der Waals surface area contributed by atoms with Crippen LogP contribution in [0.1, 0.15) is 5.56 Å². The minimum Gasteiger partial charge on any atom is -0.506 e. The number of rotatable bonds is 2. The summed E-state index contributed by atoms with van der Waals surface area (Å²) in [7, 11) is 0. The van der Waals surface area contributed by atoms with Crippen LogP contribution in [0.15, 0.2) is 10.5 Å². The second-order valence-corrected chi connectivity index (χ2v) is 3.41. The van der Waals surface area contributed by atoms with Gasteiger partial charge in [0.15, 0.2) is 11.6 Å². The van der Waals surface area contributed by atoms with Crippen LogP contribution in [0, 0.1) is 11.6 Å². The van der Waals surface area contributed by atoms with Gasteiger partial charge < -0.3 is 10.2 Å². The zero-order valence-electron chi connectivity index (χ0n) is 6.72. The van der Waals surface area contributed by atoms with E-state index >= 15 is 0 Å². The molecule has 2 N–H and O–H groups in total. The van der Waals surface area contributed by atoms with Crippen LogP contribution >= 0.6 is 15.9 Å². The maximum atomic E-state index is 13.0. The summed E-state index contributed by atoms with van der Waals surface area (Å²) >= 11 is 2.77. The predicted molar refractivity (Wildman–Crippen MR) is 47.1 cm³/mol. The Labute approximate surface area is 86.1 Å². The Morgan fingerprint density at radius 1 is 1.50 bits per heavy atom. The summed E-state index contributed by atoms with van der Waals surface area (Å²) in [6.07, 6.45) is -0.770. The molecule has 0 aliphatic heterocycles. The fraction of sp³-hybridized carbons (Fsp3) is 0.125.